The largest absolute Gasteiger partial charge is 0.394 e. The summed E-state index contributed by atoms with van der Waals surface area (Å²) < 4.78 is 4.25. The van der Waals surface area contributed by atoms with E-state index in [1.54, 1.807) is 24.3 Å². The van der Waals surface area contributed by atoms with Gasteiger partial charge in [0.25, 0.3) is 0 Å². The van der Waals surface area contributed by atoms with E-state index < -0.39 is 14.6 Å². The Labute approximate surface area is 109 Å². The Balaban J connectivity index is 0.00000196. The van der Waals surface area contributed by atoms with Crippen LogP contribution in [0.3, 0.4) is 0 Å². The molecular formula is C9H11CdO4P. The van der Waals surface area contributed by atoms with Gasteiger partial charge in [0.05, 0.1) is 5.56 Å². The van der Waals surface area contributed by atoms with Crippen LogP contribution in [0.25, 0.3) is 0 Å². The summed E-state index contributed by atoms with van der Waals surface area (Å²) >= 11 is 0. The zero-order valence-corrected chi connectivity index (χ0v) is 13.3. The van der Waals surface area contributed by atoms with Crippen LogP contribution in [-0.2, 0) is 38.2 Å². The van der Waals surface area contributed by atoms with E-state index in [2.05, 4.69) is 4.52 Å². The van der Waals surface area contributed by atoms with E-state index in [1.165, 1.54) is 0 Å². The van der Waals surface area contributed by atoms with Crippen LogP contribution in [0.5, 0.6) is 0 Å². The zero-order valence-electron chi connectivity index (χ0n) is 8.38. The Morgan fingerprint density at radius 1 is 1.33 bits per heavy atom. The Bertz CT molecular complexity index is 312. The summed E-state index contributed by atoms with van der Waals surface area (Å²) in [5, 5.41) is 0. The quantitative estimate of drug-likeness (QED) is 0.654. The van der Waals surface area contributed by atoms with E-state index in [9.17, 15) is 4.79 Å². The molecule has 78 valence electrons. The fourth-order valence-corrected chi connectivity index (χ4v) is 1.26. The SMILES string of the molecule is CCc1ccc(C(=O)OP(O)O)cc1.[Cd]. The summed E-state index contributed by atoms with van der Waals surface area (Å²) in [6.45, 7) is 2.01. The fraction of sp³-hybridized carbons (Fsp3) is 0.222. The molecule has 0 bridgehead atoms. The van der Waals surface area contributed by atoms with Gasteiger partial charge in [-0.05, 0) is 24.1 Å². The molecule has 0 fully saturated rings. The van der Waals surface area contributed by atoms with Crippen molar-refractivity contribution in [2.75, 3.05) is 0 Å². The second kappa shape index (κ2) is 7.27. The molecule has 1 aromatic carbocycles. The first-order valence-electron chi connectivity index (χ1n) is 4.12. The average Bonchev–Trinajstić information content (AvgIpc) is 2.17. The number of aryl methyl sites for hydroxylation is 1. The van der Waals surface area contributed by atoms with Crippen molar-refractivity contribution in [2.24, 2.45) is 0 Å². The molecule has 0 unspecified atom stereocenters. The van der Waals surface area contributed by atoms with E-state index in [0.717, 1.165) is 12.0 Å². The predicted octanol–water partition coefficient (Wildman–Crippen LogP) is 1.61. The maximum absolute atomic E-state index is 11.1. The number of benzene rings is 1. The summed E-state index contributed by atoms with van der Waals surface area (Å²) in [4.78, 5) is 28.1. The molecule has 0 aliphatic heterocycles. The Kier molecular flexibility index (Phi) is 7.25. The zero-order chi connectivity index (χ0) is 10.6. The first kappa shape index (κ1) is 15.0. The van der Waals surface area contributed by atoms with Crippen LogP contribution < -0.4 is 0 Å². The van der Waals surface area contributed by atoms with Gasteiger partial charge in [0.15, 0.2) is 0 Å². The van der Waals surface area contributed by atoms with Gasteiger partial charge in [-0.25, -0.2) is 4.79 Å². The smallest absolute Gasteiger partial charge is 0.391 e. The number of hydrogen-bond acceptors (Lipinski definition) is 4. The number of carbonyl (C=O) groups is 1. The summed E-state index contributed by atoms with van der Waals surface area (Å²) in [6, 6.07) is 6.79. The van der Waals surface area contributed by atoms with Crippen LogP contribution in [-0.4, -0.2) is 15.8 Å². The van der Waals surface area contributed by atoms with Crippen molar-refractivity contribution in [3.05, 3.63) is 35.4 Å². The number of hydrogen-bond donors (Lipinski definition) is 2. The molecule has 0 atom stereocenters. The van der Waals surface area contributed by atoms with Crippen LogP contribution in [0.15, 0.2) is 24.3 Å². The number of carbonyl (C=O) groups excluding carboxylic acids is 1. The van der Waals surface area contributed by atoms with E-state index in [4.69, 9.17) is 9.79 Å². The van der Waals surface area contributed by atoms with E-state index in [-0.39, 0.29) is 27.3 Å². The van der Waals surface area contributed by atoms with Crippen molar-refractivity contribution in [3.63, 3.8) is 0 Å². The Morgan fingerprint density at radius 2 is 1.87 bits per heavy atom. The first-order valence-corrected chi connectivity index (χ1v) is 5.29. The number of rotatable bonds is 3. The Hall–Kier alpha value is -0.0379. The van der Waals surface area contributed by atoms with Crippen LogP contribution in [0.1, 0.15) is 22.8 Å². The van der Waals surface area contributed by atoms with Gasteiger partial charge >= 0.3 is 14.6 Å². The van der Waals surface area contributed by atoms with Crippen molar-refractivity contribution >= 4 is 14.6 Å². The molecule has 1 rings (SSSR count). The second-order valence-corrected chi connectivity index (χ2v) is 3.37. The third-order valence-corrected chi connectivity index (χ3v) is 2.09. The van der Waals surface area contributed by atoms with Crippen LogP contribution in [0, 0.1) is 0 Å². The maximum Gasteiger partial charge on any atom is 0.394 e. The molecule has 6 heteroatoms. The van der Waals surface area contributed by atoms with Crippen molar-refractivity contribution < 1.29 is 46.4 Å². The molecule has 4 nitrogen and oxygen atoms in total. The molecule has 0 saturated heterocycles. The molecule has 0 heterocycles. The molecule has 15 heavy (non-hydrogen) atoms. The molecule has 0 aliphatic rings. The molecule has 0 aliphatic carbocycles. The maximum atomic E-state index is 11.1. The minimum Gasteiger partial charge on any atom is -0.391 e. The molecular weight excluding hydrogens is 315 g/mol. The average molecular weight is 327 g/mol. The van der Waals surface area contributed by atoms with Crippen LogP contribution >= 0.6 is 8.60 Å². The molecule has 0 amide bonds. The molecule has 0 spiro atoms. The van der Waals surface area contributed by atoms with Crippen LogP contribution in [0.4, 0.5) is 0 Å². The van der Waals surface area contributed by atoms with E-state index in [0.29, 0.717) is 5.56 Å². The minimum absolute atomic E-state index is 0. The topological polar surface area (TPSA) is 66.8 Å². The van der Waals surface area contributed by atoms with Gasteiger partial charge in [0.1, 0.15) is 0 Å². The third-order valence-electron chi connectivity index (χ3n) is 1.76. The molecule has 0 aromatic heterocycles. The van der Waals surface area contributed by atoms with Gasteiger partial charge in [-0.3, -0.25) is 0 Å². The van der Waals surface area contributed by atoms with E-state index >= 15 is 0 Å². The summed E-state index contributed by atoms with van der Waals surface area (Å²) in [6.07, 6.45) is 0.891. The van der Waals surface area contributed by atoms with Gasteiger partial charge in [0.2, 0.25) is 0 Å². The molecule has 0 saturated carbocycles. The fourth-order valence-electron chi connectivity index (χ4n) is 1.00. The summed E-state index contributed by atoms with van der Waals surface area (Å²) in [5.74, 6) is -0.719. The van der Waals surface area contributed by atoms with Crippen molar-refractivity contribution in [2.45, 2.75) is 13.3 Å². The van der Waals surface area contributed by atoms with Crippen molar-refractivity contribution in [3.8, 4) is 0 Å². The minimum atomic E-state index is -2.62. The molecule has 1 aromatic rings. The normalized spacial score (nSPS) is 9.60. The molecule has 0 radical (unpaired) electrons. The summed E-state index contributed by atoms with van der Waals surface area (Å²) in [7, 11) is -2.62. The van der Waals surface area contributed by atoms with Crippen LogP contribution in [0.2, 0.25) is 0 Å². The monoisotopic (exact) mass is 328 g/mol. The predicted molar refractivity (Wildman–Crippen MR) is 52.6 cm³/mol. The van der Waals surface area contributed by atoms with Crippen molar-refractivity contribution in [1.29, 1.82) is 0 Å². The van der Waals surface area contributed by atoms with Gasteiger partial charge in [-0.1, -0.05) is 19.1 Å². The van der Waals surface area contributed by atoms with Gasteiger partial charge in [-0.15, -0.1) is 0 Å². The van der Waals surface area contributed by atoms with Gasteiger partial charge in [-0.2, -0.15) is 0 Å². The van der Waals surface area contributed by atoms with Crippen molar-refractivity contribution in [1.82, 2.24) is 0 Å². The first-order chi connectivity index (χ1) is 6.63. The Morgan fingerprint density at radius 3 is 2.27 bits per heavy atom. The van der Waals surface area contributed by atoms with Gasteiger partial charge in [0, 0.05) is 27.3 Å². The third kappa shape index (κ3) is 5.01. The van der Waals surface area contributed by atoms with E-state index in [1.807, 2.05) is 6.92 Å². The second-order valence-electron chi connectivity index (χ2n) is 2.68. The standard InChI is InChI=1S/C9H11O4P.Cd/c1-2-7-3-5-8(6-4-7)9(10)13-14(11)12;/h3-6,11-12H,2H2,1H3;. The van der Waals surface area contributed by atoms with Gasteiger partial charge < -0.3 is 14.3 Å². The summed E-state index contributed by atoms with van der Waals surface area (Å²) in [5.41, 5.74) is 1.43. The molecule has 2 N–H and O–H groups in total.